The highest BCUT2D eigenvalue weighted by atomic mass is 19.3. The molecule has 3 rings (SSSR count). The molecule has 2 fully saturated rings. The number of halogens is 4. The predicted molar refractivity (Wildman–Crippen MR) is 103 cm³/mol. The Labute approximate surface area is 180 Å². The topological polar surface area (TPSA) is 105 Å². The van der Waals surface area contributed by atoms with E-state index in [1.54, 1.807) is 0 Å². The molecule has 2 amide bonds. The van der Waals surface area contributed by atoms with E-state index in [0.29, 0.717) is 0 Å². The third-order valence-electron chi connectivity index (χ3n) is 5.09. The Morgan fingerprint density at radius 3 is 2.47 bits per heavy atom. The number of hydrogen-bond donors (Lipinski definition) is 1. The lowest BCUT2D eigenvalue weighted by Gasteiger charge is -2.24. The van der Waals surface area contributed by atoms with Gasteiger partial charge in [0.1, 0.15) is 11.8 Å². The number of alkyl halides is 2. The number of hydrogen-bond acceptors (Lipinski definition) is 7. The summed E-state index contributed by atoms with van der Waals surface area (Å²) < 4.78 is 59.3. The van der Waals surface area contributed by atoms with Crippen molar-refractivity contribution < 1.29 is 41.5 Å². The summed E-state index contributed by atoms with van der Waals surface area (Å²) >= 11 is 0. The van der Waals surface area contributed by atoms with Crippen LogP contribution in [0.25, 0.3) is 0 Å². The predicted octanol–water partition coefficient (Wildman–Crippen LogP) is 1.44. The number of carbonyl (C=O) groups excluding carboxylic acids is 3. The fourth-order valence-electron chi connectivity index (χ4n) is 3.48. The number of nitrogens with zero attached hydrogens (tertiary/aromatic N) is 3. The number of amides is 2. The second-order valence-electron chi connectivity index (χ2n) is 7.20. The molecule has 0 saturated carbocycles. The molecule has 2 heterocycles. The minimum Gasteiger partial charge on any atom is -0.444 e. The van der Waals surface area contributed by atoms with Gasteiger partial charge in [-0.1, -0.05) is 0 Å². The minimum atomic E-state index is -3.11. The number of carbonyl (C=O) groups is 3. The summed E-state index contributed by atoms with van der Waals surface area (Å²) in [5.74, 6) is -3.61. The third-order valence-corrected chi connectivity index (χ3v) is 5.09. The first-order valence-electron chi connectivity index (χ1n) is 9.87. The summed E-state index contributed by atoms with van der Waals surface area (Å²) in [5.41, 5.74) is 4.84. The van der Waals surface area contributed by atoms with Gasteiger partial charge in [-0.3, -0.25) is 19.3 Å². The van der Waals surface area contributed by atoms with Crippen molar-refractivity contribution in [2.24, 2.45) is 5.73 Å². The van der Waals surface area contributed by atoms with Gasteiger partial charge in [-0.05, 0) is 6.42 Å². The molecule has 9 nitrogen and oxygen atoms in total. The average Bonchev–Trinajstić information content (AvgIpc) is 2.95. The summed E-state index contributed by atoms with van der Waals surface area (Å²) in [7, 11) is 0. The monoisotopic (exact) mass is 462 g/mol. The molecule has 1 aromatic carbocycles. The number of cyclic esters (lactones) is 1. The molecule has 1 aromatic rings. The average molecular weight is 462 g/mol. The van der Waals surface area contributed by atoms with Crippen LogP contribution in [0.5, 0.6) is 0 Å². The van der Waals surface area contributed by atoms with Crippen LogP contribution < -0.4 is 15.5 Å². The molecule has 13 heteroatoms. The van der Waals surface area contributed by atoms with Gasteiger partial charge >= 0.3 is 6.09 Å². The first-order valence-corrected chi connectivity index (χ1v) is 9.87. The number of benzene rings is 1. The smallest absolute Gasteiger partial charge is 0.414 e. The van der Waals surface area contributed by atoms with E-state index in [4.69, 9.17) is 15.3 Å². The first kappa shape index (κ1) is 23.7. The molecule has 2 aliphatic heterocycles. The first-order chi connectivity index (χ1) is 15.2. The highest BCUT2D eigenvalue weighted by Crippen LogP contribution is 2.32. The maximum Gasteiger partial charge on any atom is 0.414 e. The molecule has 0 unspecified atom stereocenters. The fraction of sp³-hybridized carbons (Fsp3) is 0.526. The zero-order chi connectivity index (χ0) is 23.4. The molecule has 176 valence electrons. The lowest BCUT2D eigenvalue weighted by Crippen LogP contribution is -2.38. The van der Waals surface area contributed by atoms with Gasteiger partial charge in [0, 0.05) is 31.6 Å². The molecule has 32 heavy (non-hydrogen) atoms. The lowest BCUT2D eigenvalue weighted by atomic mass is 10.1. The van der Waals surface area contributed by atoms with Crippen molar-refractivity contribution in [1.82, 2.24) is 5.06 Å². The van der Waals surface area contributed by atoms with Crippen LogP contribution in [-0.2, 0) is 19.2 Å². The Morgan fingerprint density at radius 2 is 1.84 bits per heavy atom. The SMILES string of the molecule is NCC(=O)N1CCN(c2c(F)cc(N3C[C@H](CCC(=O)C(F)F)OC3=O)cc2F)CCO1. The van der Waals surface area contributed by atoms with Crippen molar-refractivity contribution in [3.63, 3.8) is 0 Å². The number of hydroxylamine groups is 2. The van der Waals surface area contributed by atoms with Crippen LogP contribution in [0.3, 0.4) is 0 Å². The second-order valence-corrected chi connectivity index (χ2v) is 7.20. The largest absolute Gasteiger partial charge is 0.444 e. The molecule has 2 saturated heterocycles. The van der Waals surface area contributed by atoms with Crippen LogP contribution in [0.2, 0.25) is 0 Å². The molecule has 2 aliphatic rings. The van der Waals surface area contributed by atoms with Crippen molar-refractivity contribution in [2.45, 2.75) is 25.4 Å². The van der Waals surface area contributed by atoms with E-state index in [-0.39, 0.29) is 57.1 Å². The maximum absolute atomic E-state index is 14.8. The van der Waals surface area contributed by atoms with Crippen molar-refractivity contribution in [1.29, 1.82) is 0 Å². The van der Waals surface area contributed by atoms with Crippen LogP contribution in [-0.4, -0.2) is 74.7 Å². The van der Waals surface area contributed by atoms with E-state index >= 15 is 0 Å². The molecule has 0 bridgehead atoms. The van der Waals surface area contributed by atoms with Gasteiger partial charge in [-0.15, -0.1) is 0 Å². The summed E-state index contributed by atoms with van der Waals surface area (Å²) in [6, 6.07) is 1.92. The molecule has 1 atom stereocenters. The Morgan fingerprint density at radius 1 is 1.16 bits per heavy atom. The number of ketones is 1. The molecule has 0 radical (unpaired) electrons. The number of Topliss-reactive ketones (excluding diaryl/α,β-unsaturated/α-hetero) is 1. The number of ether oxygens (including phenoxy) is 1. The van der Waals surface area contributed by atoms with Gasteiger partial charge in [-0.25, -0.2) is 27.4 Å². The Balaban J connectivity index is 1.70. The molecule has 0 spiro atoms. The standard InChI is InChI=1S/C19H22F4N4O5/c20-13-7-11(26-10-12(32-19(26)30)1-2-15(28)18(22)23)8-14(21)17(13)25-3-4-27(16(29)9-24)31-6-5-25/h7-8,12,18H,1-6,9-10,24H2/t12-/m0/s1. The summed E-state index contributed by atoms with van der Waals surface area (Å²) in [6.07, 6.45) is -5.47. The van der Waals surface area contributed by atoms with Crippen LogP contribution in [0, 0.1) is 11.6 Å². The number of rotatable bonds is 7. The lowest BCUT2D eigenvalue weighted by molar-refractivity contribution is -0.180. The maximum atomic E-state index is 14.8. The zero-order valence-corrected chi connectivity index (χ0v) is 16.9. The quantitative estimate of drug-likeness (QED) is 0.612. The Bertz CT molecular complexity index is 864. The van der Waals surface area contributed by atoms with Crippen LogP contribution in [0.15, 0.2) is 12.1 Å². The fourth-order valence-corrected chi connectivity index (χ4v) is 3.48. The summed E-state index contributed by atoms with van der Waals surface area (Å²) in [6.45, 7) is -0.154. The van der Waals surface area contributed by atoms with Crippen LogP contribution >= 0.6 is 0 Å². The highest BCUT2D eigenvalue weighted by Gasteiger charge is 2.34. The van der Waals surface area contributed by atoms with Crippen LogP contribution in [0.4, 0.5) is 33.7 Å². The number of anilines is 2. The van der Waals surface area contributed by atoms with Crippen molar-refractivity contribution in [3.05, 3.63) is 23.8 Å². The molecular weight excluding hydrogens is 440 g/mol. The van der Waals surface area contributed by atoms with E-state index in [1.165, 1.54) is 4.90 Å². The Kier molecular flexibility index (Phi) is 7.51. The van der Waals surface area contributed by atoms with Crippen molar-refractivity contribution in [3.8, 4) is 0 Å². The van der Waals surface area contributed by atoms with E-state index in [1.807, 2.05) is 0 Å². The second kappa shape index (κ2) is 10.1. The molecule has 0 aliphatic carbocycles. The Hall–Kier alpha value is -2.93. The number of nitrogens with two attached hydrogens (primary N) is 1. The van der Waals surface area contributed by atoms with E-state index in [9.17, 15) is 31.9 Å². The van der Waals surface area contributed by atoms with E-state index < -0.39 is 48.4 Å². The molecule has 2 N–H and O–H groups in total. The zero-order valence-electron chi connectivity index (χ0n) is 16.9. The molecule has 0 aromatic heterocycles. The van der Waals surface area contributed by atoms with E-state index in [0.717, 1.165) is 22.1 Å². The van der Waals surface area contributed by atoms with Gasteiger partial charge < -0.3 is 15.4 Å². The van der Waals surface area contributed by atoms with E-state index in [2.05, 4.69) is 0 Å². The summed E-state index contributed by atoms with van der Waals surface area (Å²) in [4.78, 5) is 42.4. The van der Waals surface area contributed by atoms with Crippen molar-refractivity contribution in [2.75, 3.05) is 49.1 Å². The molecular formula is C19H22F4N4O5. The highest BCUT2D eigenvalue weighted by molar-refractivity contribution is 5.90. The van der Waals surface area contributed by atoms with Crippen LogP contribution in [0.1, 0.15) is 12.8 Å². The minimum absolute atomic E-state index is 0.00381. The van der Waals surface area contributed by atoms with Gasteiger partial charge in [-0.2, -0.15) is 0 Å². The summed E-state index contributed by atoms with van der Waals surface area (Å²) in [5, 5.41) is 1.04. The normalized spacial score (nSPS) is 19.4. The van der Waals surface area contributed by atoms with Gasteiger partial charge in [0.25, 0.3) is 12.3 Å². The van der Waals surface area contributed by atoms with Gasteiger partial charge in [0.15, 0.2) is 17.4 Å². The third kappa shape index (κ3) is 5.27. The van der Waals surface area contributed by atoms with Crippen molar-refractivity contribution >= 4 is 29.2 Å². The van der Waals surface area contributed by atoms with Gasteiger partial charge in [0.2, 0.25) is 0 Å². The van der Waals surface area contributed by atoms with Gasteiger partial charge in [0.05, 0.1) is 31.9 Å².